The smallest absolute Gasteiger partial charge is 0.185 e. The van der Waals surface area contributed by atoms with Gasteiger partial charge in [-0.05, 0) is 24.3 Å². The van der Waals surface area contributed by atoms with E-state index in [4.69, 9.17) is 11.5 Å². The van der Waals surface area contributed by atoms with Crippen molar-refractivity contribution in [1.29, 1.82) is 0 Å². The van der Waals surface area contributed by atoms with Gasteiger partial charge < -0.3 is 11.5 Å². The highest BCUT2D eigenvalue weighted by molar-refractivity contribution is 14.0. The number of aliphatic imine (C=N–C) groups is 1. The Morgan fingerprint density at radius 1 is 1.38 bits per heavy atom. The van der Waals surface area contributed by atoms with Gasteiger partial charge in [0.1, 0.15) is 0 Å². The van der Waals surface area contributed by atoms with Crippen molar-refractivity contribution >= 4 is 57.6 Å². The molecule has 1 atom stereocenters. The fraction of sp³-hybridized carbons (Fsp3) is 0.300. The van der Waals surface area contributed by atoms with Crippen molar-refractivity contribution in [3.05, 3.63) is 28.7 Å². The van der Waals surface area contributed by atoms with E-state index in [-0.39, 0.29) is 29.9 Å². The van der Waals surface area contributed by atoms with E-state index in [1.807, 2.05) is 12.1 Å². The molecule has 0 aromatic heterocycles. The van der Waals surface area contributed by atoms with Crippen LogP contribution >= 0.6 is 51.7 Å². The number of rotatable bonds is 4. The molecule has 0 bridgehead atoms. The normalized spacial score (nSPS) is 11.4. The zero-order valence-corrected chi connectivity index (χ0v) is 13.6. The van der Waals surface area contributed by atoms with E-state index in [0.717, 1.165) is 4.47 Å². The maximum atomic E-state index is 5.27. The predicted molar refractivity (Wildman–Crippen MR) is 85.6 cm³/mol. The molecule has 90 valence electrons. The summed E-state index contributed by atoms with van der Waals surface area (Å²) in [6.45, 7) is 2.74. The lowest BCUT2D eigenvalue weighted by Crippen LogP contribution is -2.24. The summed E-state index contributed by atoms with van der Waals surface area (Å²) in [4.78, 5) is 5.20. The quantitative estimate of drug-likeness (QED) is 0.344. The molecule has 0 aliphatic heterocycles. The first-order valence-electron chi connectivity index (χ1n) is 4.55. The van der Waals surface area contributed by atoms with E-state index >= 15 is 0 Å². The zero-order chi connectivity index (χ0) is 11.3. The van der Waals surface area contributed by atoms with Gasteiger partial charge in [-0.2, -0.15) is 0 Å². The SMILES string of the molecule is CC(CN=C(N)N)Sc1ccc(Br)cc1.I. The minimum Gasteiger partial charge on any atom is -0.370 e. The molecule has 0 heterocycles. The number of halogens is 2. The number of guanidine groups is 1. The molecule has 0 radical (unpaired) electrons. The summed E-state index contributed by atoms with van der Waals surface area (Å²) >= 11 is 5.15. The number of nitrogens with two attached hydrogens (primary N) is 2. The molecule has 3 nitrogen and oxygen atoms in total. The maximum absolute atomic E-state index is 5.27. The minimum absolute atomic E-state index is 0. The molecule has 6 heteroatoms. The van der Waals surface area contributed by atoms with E-state index in [9.17, 15) is 0 Å². The van der Waals surface area contributed by atoms with Crippen molar-refractivity contribution in [2.24, 2.45) is 16.5 Å². The van der Waals surface area contributed by atoms with Crippen molar-refractivity contribution in [1.82, 2.24) is 0 Å². The fourth-order valence-electron chi connectivity index (χ4n) is 1.02. The molecular formula is C10H15BrIN3S. The van der Waals surface area contributed by atoms with Crippen LogP contribution < -0.4 is 11.5 Å². The van der Waals surface area contributed by atoms with Crippen molar-refractivity contribution < 1.29 is 0 Å². The van der Waals surface area contributed by atoms with Crippen LogP contribution in [-0.4, -0.2) is 17.8 Å². The van der Waals surface area contributed by atoms with Gasteiger partial charge in [0.15, 0.2) is 5.96 Å². The molecule has 16 heavy (non-hydrogen) atoms. The van der Waals surface area contributed by atoms with E-state index in [1.165, 1.54) is 4.90 Å². The summed E-state index contributed by atoms with van der Waals surface area (Å²) in [6.07, 6.45) is 0. The van der Waals surface area contributed by atoms with Gasteiger partial charge in [0.2, 0.25) is 0 Å². The Bertz CT molecular complexity index is 338. The van der Waals surface area contributed by atoms with Gasteiger partial charge in [-0.3, -0.25) is 4.99 Å². The van der Waals surface area contributed by atoms with Gasteiger partial charge in [0.25, 0.3) is 0 Å². The summed E-state index contributed by atoms with van der Waals surface area (Å²) in [7, 11) is 0. The van der Waals surface area contributed by atoms with Gasteiger partial charge in [-0.25, -0.2) is 0 Å². The highest BCUT2D eigenvalue weighted by atomic mass is 127. The van der Waals surface area contributed by atoms with Gasteiger partial charge in [0, 0.05) is 14.6 Å². The highest BCUT2D eigenvalue weighted by Gasteiger charge is 2.03. The highest BCUT2D eigenvalue weighted by Crippen LogP contribution is 2.24. The average Bonchev–Trinajstić information content (AvgIpc) is 2.19. The lowest BCUT2D eigenvalue weighted by atomic mass is 10.4. The van der Waals surface area contributed by atoms with Crippen molar-refractivity contribution in [3.8, 4) is 0 Å². The Morgan fingerprint density at radius 3 is 2.44 bits per heavy atom. The van der Waals surface area contributed by atoms with Crippen LogP contribution in [0.15, 0.2) is 38.6 Å². The largest absolute Gasteiger partial charge is 0.370 e. The van der Waals surface area contributed by atoms with Crippen molar-refractivity contribution in [2.45, 2.75) is 17.1 Å². The third-order valence-electron chi connectivity index (χ3n) is 1.68. The van der Waals surface area contributed by atoms with Gasteiger partial charge in [-0.1, -0.05) is 22.9 Å². The van der Waals surface area contributed by atoms with Crippen molar-refractivity contribution in [2.75, 3.05) is 6.54 Å². The maximum Gasteiger partial charge on any atom is 0.185 e. The summed E-state index contributed by atoms with van der Waals surface area (Å²) in [5, 5.41) is 0.369. The first-order chi connectivity index (χ1) is 7.08. The first-order valence-corrected chi connectivity index (χ1v) is 6.23. The second kappa shape index (κ2) is 8.19. The molecule has 1 rings (SSSR count). The van der Waals surface area contributed by atoms with E-state index in [1.54, 1.807) is 11.8 Å². The number of hydrogen-bond donors (Lipinski definition) is 2. The third-order valence-corrected chi connectivity index (χ3v) is 3.31. The minimum atomic E-state index is 0. The summed E-state index contributed by atoms with van der Waals surface area (Å²) in [5.41, 5.74) is 10.5. The number of nitrogens with zero attached hydrogens (tertiary/aromatic N) is 1. The van der Waals surface area contributed by atoms with Crippen LogP contribution in [0.3, 0.4) is 0 Å². The number of hydrogen-bond acceptors (Lipinski definition) is 2. The Kier molecular flexibility index (Phi) is 8.21. The van der Waals surface area contributed by atoms with Crippen LogP contribution in [0.1, 0.15) is 6.92 Å². The lowest BCUT2D eigenvalue weighted by molar-refractivity contribution is 0.945. The van der Waals surface area contributed by atoms with Crippen LogP contribution in [0.5, 0.6) is 0 Å². The predicted octanol–water partition coefficient (Wildman–Crippen LogP) is 2.82. The van der Waals surface area contributed by atoms with Crippen LogP contribution in [0.25, 0.3) is 0 Å². The van der Waals surface area contributed by atoms with Gasteiger partial charge >= 0.3 is 0 Å². The second-order valence-electron chi connectivity index (χ2n) is 3.15. The lowest BCUT2D eigenvalue weighted by Gasteiger charge is -2.08. The number of benzene rings is 1. The molecule has 0 saturated heterocycles. The summed E-state index contributed by atoms with van der Waals surface area (Å²) in [5.74, 6) is 0.151. The summed E-state index contributed by atoms with van der Waals surface area (Å²) in [6, 6.07) is 8.19. The molecule has 0 fully saturated rings. The fourth-order valence-corrected chi connectivity index (χ4v) is 2.19. The molecule has 0 amide bonds. The zero-order valence-electron chi connectivity index (χ0n) is 8.89. The Morgan fingerprint density at radius 2 is 1.94 bits per heavy atom. The van der Waals surface area contributed by atoms with E-state index in [0.29, 0.717) is 11.8 Å². The van der Waals surface area contributed by atoms with E-state index in [2.05, 4.69) is 40.0 Å². The average molecular weight is 416 g/mol. The Hall–Kier alpha value is 0.0500. The first kappa shape index (κ1) is 16.1. The molecule has 0 spiro atoms. The molecule has 0 aliphatic rings. The molecule has 0 aliphatic carbocycles. The van der Waals surface area contributed by atoms with E-state index < -0.39 is 0 Å². The van der Waals surface area contributed by atoms with Gasteiger partial charge in [0.05, 0.1) is 6.54 Å². The molecular weight excluding hydrogens is 401 g/mol. The Balaban J connectivity index is 0.00000225. The number of thioether (sulfide) groups is 1. The van der Waals surface area contributed by atoms with Crippen LogP contribution in [0.2, 0.25) is 0 Å². The monoisotopic (exact) mass is 415 g/mol. The third kappa shape index (κ3) is 6.59. The Labute approximate surface area is 126 Å². The molecule has 4 N–H and O–H groups in total. The topological polar surface area (TPSA) is 64.4 Å². The van der Waals surface area contributed by atoms with Crippen molar-refractivity contribution in [3.63, 3.8) is 0 Å². The second-order valence-corrected chi connectivity index (χ2v) is 5.58. The molecule has 0 saturated carbocycles. The van der Waals surface area contributed by atoms with Crippen LogP contribution in [-0.2, 0) is 0 Å². The standard InChI is InChI=1S/C10H14BrN3S.HI/c1-7(6-14-10(12)13)15-9-4-2-8(11)3-5-9;/h2-5,7H,6H2,1H3,(H4,12,13,14);1H. The summed E-state index contributed by atoms with van der Waals surface area (Å²) < 4.78 is 1.09. The van der Waals surface area contributed by atoms with Gasteiger partial charge in [-0.15, -0.1) is 35.7 Å². The molecule has 1 aromatic carbocycles. The molecule has 1 aromatic rings. The van der Waals surface area contributed by atoms with Crippen LogP contribution in [0.4, 0.5) is 0 Å². The molecule has 1 unspecified atom stereocenters. The van der Waals surface area contributed by atoms with Crippen LogP contribution in [0, 0.1) is 0 Å².